The van der Waals surface area contributed by atoms with Crippen molar-refractivity contribution in [2.75, 3.05) is 0 Å². The molecular formula is C11H12Cl3. The molecule has 1 radical (unpaired) electrons. The molecule has 0 bridgehead atoms. The maximum Gasteiger partial charge on any atom is 0.216 e. The molecule has 0 fully saturated rings. The molecule has 0 aliphatic carbocycles. The first-order valence-electron chi connectivity index (χ1n) is 4.39. The summed E-state index contributed by atoms with van der Waals surface area (Å²) in [6, 6.07) is 7.62. The lowest BCUT2D eigenvalue weighted by Gasteiger charge is -2.17. The highest BCUT2D eigenvalue weighted by Gasteiger charge is 2.25. The molecule has 0 aromatic heterocycles. The summed E-state index contributed by atoms with van der Waals surface area (Å²) in [7, 11) is 0. The van der Waals surface area contributed by atoms with Gasteiger partial charge in [0.2, 0.25) is 3.79 Å². The molecule has 1 aromatic carbocycles. The first-order valence-corrected chi connectivity index (χ1v) is 5.53. The van der Waals surface area contributed by atoms with E-state index in [4.69, 9.17) is 34.8 Å². The van der Waals surface area contributed by atoms with Crippen molar-refractivity contribution in [1.82, 2.24) is 0 Å². The number of alkyl halides is 3. The summed E-state index contributed by atoms with van der Waals surface area (Å²) in [6.45, 7) is 5.96. The van der Waals surface area contributed by atoms with Crippen molar-refractivity contribution in [3.8, 4) is 0 Å². The number of hydrogen-bond acceptors (Lipinski definition) is 0. The second-order valence-corrected chi connectivity index (χ2v) is 5.75. The number of halogens is 3. The van der Waals surface area contributed by atoms with Gasteiger partial charge in [0.15, 0.2) is 0 Å². The zero-order valence-corrected chi connectivity index (χ0v) is 10.2. The van der Waals surface area contributed by atoms with Gasteiger partial charge in [0.25, 0.3) is 0 Å². The highest BCUT2D eigenvalue weighted by molar-refractivity contribution is 6.66. The second-order valence-electron chi connectivity index (χ2n) is 3.46. The van der Waals surface area contributed by atoms with Crippen LogP contribution in [0.5, 0.6) is 0 Å². The van der Waals surface area contributed by atoms with Gasteiger partial charge >= 0.3 is 0 Å². The predicted octanol–water partition coefficient (Wildman–Crippen LogP) is 4.53. The molecule has 1 atom stereocenters. The lowest BCUT2D eigenvalue weighted by molar-refractivity contribution is 0.713. The van der Waals surface area contributed by atoms with E-state index in [1.807, 2.05) is 31.2 Å². The summed E-state index contributed by atoms with van der Waals surface area (Å²) in [5.41, 5.74) is 1.80. The molecule has 0 aliphatic rings. The van der Waals surface area contributed by atoms with Gasteiger partial charge in [-0.1, -0.05) is 72.9 Å². The summed E-state index contributed by atoms with van der Waals surface area (Å²) in [5, 5.41) is 0. The van der Waals surface area contributed by atoms with Gasteiger partial charge in [0.1, 0.15) is 0 Å². The van der Waals surface area contributed by atoms with Crippen LogP contribution in [0.15, 0.2) is 24.3 Å². The Kier molecular flexibility index (Phi) is 4.12. The van der Waals surface area contributed by atoms with Crippen LogP contribution in [0.3, 0.4) is 0 Å². The first kappa shape index (κ1) is 12.2. The van der Waals surface area contributed by atoms with Gasteiger partial charge in [-0.2, -0.15) is 0 Å². The molecule has 0 spiro atoms. The van der Waals surface area contributed by atoms with Crippen LogP contribution in [0.4, 0.5) is 0 Å². The molecule has 0 nitrogen and oxygen atoms in total. The first-order chi connectivity index (χ1) is 6.41. The molecule has 1 aromatic rings. The van der Waals surface area contributed by atoms with E-state index < -0.39 is 3.79 Å². The molecule has 3 heteroatoms. The smallest absolute Gasteiger partial charge is 0.0784 e. The van der Waals surface area contributed by atoms with E-state index in [2.05, 4.69) is 6.92 Å². The van der Waals surface area contributed by atoms with E-state index in [1.54, 1.807) is 0 Å². The van der Waals surface area contributed by atoms with Crippen LogP contribution < -0.4 is 0 Å². The summed E-state index contributed by atoms with van der Waals surface area (Å²) in [4.78, 5) is 0. The fourth-order valence-electron chi connectivity index (χ4n) is 1.35. The Hall–Kier alpha value is 0.0900. The summed E-state index contributed by atoms with van der Waals surface area (Å²) in [5.74, 6) is 0.309. The van der Waals surface area contributed by atoms with Crippen molar-refractivity contribution in [2.24, 2.45) is 5.92 Å². The highest BCUT2D eigenvalue weighted by Crippen LogP contribution is 2.40. The zero-order chi connectivity index (χ0) is 10.8. The minimum Gasteiger partial charge on any atom is -0.0784 e. The largest absolute Gasteiger partial charge is 0.216 e. The van der Waals surface area contributed by atoms with E-state index in [1.165, 1.54) is 0 Å². The standard InChI is InChI=1S/C11H12Cl3/c1-8(2)7-9-5-3-4-6-10(9)11(12,13)14/h3-6,8H,1,7H2,2H3. The van der Waals surface area contributed by atoms with E-state index in [0.717, 1.165) is 17.5 Å². The van der Waals surface area contributed by atoms with Crippen LogP contribution in [0.2, 0.25) is 0 Å². The van der Waals surface area contributed by atoms with Gasteiger partial charge in [-0.3, -0.25) is 0 Å². The van der Waals surface area contributed by atoms with Crippen LogP contribution in [0.25, 0.3) is 0 Å². The van der Waals surface area contributed by atoms with Crippen LogP contribution in [0.1, 0.15) is 18.1 Å². The topological polar surface area (TPSA) is 0 Å². The third-order valence-corrected chi connectivity index (χ3v) is 2.50. The molecule has 1 rings (SSSR count). The van der Waals surface area contributed by atoms with Crippen LogP contribution in [-0.2, 0) is 10.2 Å². The normalized spacial score (nSPS) is 12.1. The number of rotatable bonds is 2. The Balaban J connectivity index is 3.04. The Labute approximate surface area is 100 Å². The monoisotopic (exact) mass is 249 g/mol. The minimum atomic E-state index is -1.34. The molecule has 0 saturated carbocycles. The van der Waals surface area contributed by atoms with Crippen molar-refractivity contribution in [2.45, 2.75) is 17.1 Å². The van der Waals surface area contributed by atoms with Gasteiger partial charge in [0, 0.05) is 5.56 Å². The van der Waals surface area contributed by atoms with Crippen LogP contribution >= 0.6 is 34.8 Å². The molecule has 0 saturated heterocycles. The van der Waals surface area contributed by atoms with Crippen LogP contribution in [-0.4, -0.2) is 0 Å². The fourth-order valence-corrected chi connectivity index (χ4v) is 1.90. The van der Waals surface area contributed by atoms with E-state index in [0.29, 0.717) is 5.92 Å². The Morgan fingerprint density at radius 2 is 1.86 bits per heavy atom. The third-order valence-electron chi connectivity index (χ3n) is 1.89. The van der Waals surface area contributed by atoms with Gasteiger partial charge in [0.05, 0.1) is 0 Å². The SMILES string of the molecule is [CH2]C(C)Cc1ccccc1C(Cl)(Cl)Cl. The highest BCUT2D eigenvalue weighted by atomic mass is 35.6. The van der Waals surface area contributed by atoms with Crippen LogP contribution in [0, 0.1) is 12.8 Å². The quantitative estimate of drug-likeness (QED) is 0.677. The van der Waals surface area contributed by atoms with E-state index in [-0.39, 0.29) is 0 Å². The summed E-state index contributed by atoms with van der Waals surface area (Å²) < 4.78 is -1.34. The Morgan fingerprint density at radius 3 is 2.36 bits per heavy atom. The Morgan fingerprint density at radius 1 is 1.29 bits per heavy atom. The molecule has 0 heterocycles. The van der Waals surface area contributed by atoms with Crippen molar-refractivity contribution < 1.29 is 0 Å². The van der Waals surface area contributed by atoms with Gasteiger partial charge < -0.3 is 0 Å². The second kappa shape index (κ2) is 4.74. The lowest BCUT2D eigenvalue weighted by atomic mass is 9.99. The van der Waals surface area contributed by atoms with Crippen molar-refractivity contribution >= 4 is 34.8 Å². The van der Waals surface area contributed by atoms with Crippen molar-refractivity contribution in [3.05, 3.63) is 42.3 Å². The molecule has 0 aliphatic heterocycles. The number of benzene rings is 1. The average Bonchev–Trinajstić information content (AvgIpc) is 2.01. The van der Waals surface area contributed by atoms with E-state index in [9.17, 15) is 0 Å². The van der Waals surface area contributed by atoms with Crippen molar-refractivity contribution in [3.63, 3.8) is 0 Å². The van der Waals surface area contributed by atoms with E-state index >= 15 is 0 Å². The maximum atomic E-state index is 5.86. The lowest BCUT2D eigenvalue weighted by Crippen LogP contribution is -2.07. The molecule has 77 valence electrons. The number of hydrogen-bond donors (Lipinski definition) is 0. The van der Waals surface area contributed by atoms with Gasteiger partial charge in [-0.05, 0) is 17.9 Å². The fraction of sp³-hybridized carbons (Fsp3) is 0.364. The summed E-state index contributed by atoms with van der Waals surface area (Å²) in [6.07, 6.45) is 0.823. The van der Waals surface area contributed by atoms with Crippen molar-refractivity contribution in [1.29, 1.82) is 0 Å². The molecule has 0 amide bonds. The van der Waals surface area contributed by atoms with Gasteiger partial charge in [-0.15, -0.1) is 0 Å². The molecule has 0 N–H and O–H groups in total. The van der Waals surface area contributed by atoms with Gasteiger partial charge in [-0.25, -0.2) is 0 Å². The summed E-state index contributed by atoms with van der Waals surface area (Å²) >= 11 is 17.6. The maximum absolute atomic E-state index is 5.86. The average molecular weight is 251 g/mol. The molecular weight excluding hydrogens is 238 g/mol. The predicted molar refractivity (Wildman–Crippen MR) is 63.9 cm³/mol. The minimum absolute atomic E-state index is 0.309. The molecule has 14 heavy (non-hydrogen) atoms. The Bertz CT molecular complexity index is 300. The zero-order valence-electron chi connectivity index (χ0n) is 7.93. The third kappa shape index (κ3) is 3.34. The molecule has 1 unspecified atom stereocenters.